The van der Waals surface area contributed by atoms with Crippen molar-refractivity contribution in [2.45, 2.75) is 33.9 Å². The highest BCUT2D eigenvalue weighted by molar-refractivity contribution is 9.10. The van der Waals surface area contributed by atoms with Crippen molar-refractivity contribution >= 4 is 51.1 Å². The van der Waals surface area contributed by atoms with E-state index in [2.05, 4.69) is 21.2 Å². The minimum Gasteiger partial charge on any atom is -0.497 e. The maximum Gasteiger partial charge on any atom is 0.269 e. The zero-order valence-corrected chi connectivity index (χ0v) is 24.5. The molecule has 2 heterocycles. The van der Waals surface area contributed by atoms with Crippen LogP contribution in [0.3, 0.4) is 0 Å². The van der Waals surface area contributed by atoms with Crippen molar-refractivity contribution in [3.05, 3.63) is 96.0 Å². The molecule has 7 nitrogen and oxygen atoms in total. The maximum atomic E-state index is 13.4. The molecule has 202 valence electrons. The van der Waals surface area contributed by atoms with Crippen LogP contribution in [0.5, 0.6) is 5.75 Å². The lowest BCUT2D eigenvalue weighted by atomic mass is 9.91. The smallest absolute Gasteiger partial charge is 0.269 e. The van der Waals surface area contributed by atoms with E-state index >= 15 is 0 Å². The van der Waals surface area contributed by atoms with Crippen LogP contribution in [0, 0.1) is 5.41 Å². The van der Waals surface area contributed by atoms with Crippen molar-refractivity contribution in [2.24, 2.45) is 5.41 Å². The topological polar surface area (TPSA) is 90.5 Å². The first kappa shape index (κ1) is 28.3. The summed E-state index contributed by atoms with van der Waals surface area (Å²) in [5, 5.41) is 2.84. The molecule has 0 bridgehead atoms. The van der Waals surface area contributed by atoms with E-state index in [1.54, 1.807) is 19.3 Å². The third kappa shape index (κ3) is 7.04. The molecular formula is C30H29BrN2O5S. The van der Waals surface area contributed by atoms with Gasteiger partial charge in [0.25, 0.3) is 5.56 Å². The number of nitrogens with zero attached hydrogens (tertiary/aromatic N) is 1. The number of carbonyl (C=O) groups excluding carboxylic acids is 2. The molecular weight excluding hydrogens is 580 g/mol. The molecule has 0 atom stereocenters. The number of aromatic nitrogens is 1. The Morgan fingerprint density at radius 3 is 2.46 bits per heavy atom. The van der Waals surface area contributed by atoms with Gasteiger partial charge in [0.05, 0.1) is 11.6 Å². The zero-order chi connectivity index (χ0) is 28.2. The number of furan rings is 1. The molecule has 0 aliphatic carbocycles. The predicted octanol–water partition coefficient (Wildman–Crippen LogP) is 4.48. The summed E-state index contributed by atoms with van der Waals surface area (Å²) >= 11 is 4.68. The van der Waals surface area contributed by atoms with Gasteiger partial charge in [0.1, 0.15) is 28.5 Å². The molecule has 0 spiro atoms. The van der Waals surface area contributed by atoms with Gasteiger partial charge >= 0.3 is 0 Å². The summed E-state index contributed by atoms with van der Waals surface area (Å²) in [5.41, 5.74) is 0.777. The highest BCUT2D eigenvalue weighted by Crippen LogP contribution is 2.29. The summed E-state index contributed by atoms with van der Waals surface area (Å²) in [6.07, 6.45) is 3.08. The molecule has 39 heavy (non-hydrogen) atoms. The summed E-state index contributed by atoms with van der Waals surface area (Å²) < 4.78 is 14.1. The normalized spacial score (nSPS) is 12.5. The number of hydrogen-bond donors (Lipinski definition) is 1. The SMILES string of the molecule is COc1ccc(CNC(=O)Cn2c(=O)/c(=C\c3ccc(-c4ccccc4Br)o3)s/c2=C/C(=O)C(C)(C)C)cc1. The number of amides is 1. The number of methoxy groups -OCH3 is 1. The Morgan fingerprint density at radius 1 is 1.08 bits per heavy atom. The van der Waals surface area contributed by atoms with Gasteiger partial charge in [-0.3, -0.25) is 19.0 Å². The number of thiazole rings is 1. The first-order valence-electron chi connectivity index (χ1n) is 12.3. The standard InChI is InChI=1S/C30H29BrN2O5S/c1-30(2,3)26(34)16-28-33(18-27(35)32-17-19-9-11-20(37-4)12-10-19)29(36)25(39-28)15-21-13-14-24(38-21)22-7-5-6-8-23(22)31/h5-16H,17-18H2,1-4H3,(H,32,35)/b25-15+,28-16+. The van der Waals surface area contributed by atoms with Crippen LogP contribution in [0.25, 0.3) is 23.5 Å². The fourth-order valence-electron chi connectivity index (χ4n) is 3.63. The molecule has 0 fully saturated rings. The molecule has 0 saturated carbocycles. The van der Waals surface area contributed by atoms with Crippen LogP contribution < -0.4 is 24.8 Å². The van der Waals surface area contributed by atoms with Crippen LogP contribution in [0.1, 0.15) is 32.1 Å². The minimum absolute atomic E-state index is 0.142. The average Bonchev–Trinajstić information content (AvgIpc) is 3.48. The first-order chi connectivity index (χ1) is 18.5. The fraction of sp³-hybridized carbons (Fsp3) is 0.233. The fourth-order valence-corrected chi connectivity index (χ4v) is 5.13. The second-order valence-corrected chi connectivity index (χ2v) is 11.8. The van der Waals surface area contributed by atoms with E-state index in [4.69, 9.17) is 9.15 Å². The zero-order valence-electron chi connectivity index (χ0n) is 22.1. The second-order valence-electron chi connectivity index (χ2n) is 9.91. The van der Waals surface area contributed by atoms with Gasteiger partial charge in [-0.25, -0.2) is 0 Å². The lowest BCUT2D eigenvalue weighted by Gasteiger charge is -2.13. The summed E-state index contributed by atoms with van der Waals surface area (Å²) in [6, 6.07) is 18.6. The molecule has 4 aromatic rings. The Hall–Kier alpha value is -3.69. The third-order valence-electron chi connectivity index (χ3n) is 5.92. The Morgan fingerprint density at radius 2 is 1.79 bits per heavy atom. The van der Waals surface area contributed by atoms with E-state index in [1.807, 2.05) is 75.4 Å². The van der Waals surface area contributed by atoms with Crippen LogP contribution in [-0.2, 0) is 22.7 Å². The summed E-state index contributed by atoms with van der Waals surface area (Å²) in [5.74, 6) is 1.38. The van der Waals surface area contributed by atoms with Gasteiger partial charge in [0, 0.05) is 34.1 Å². The number of ketones is 1. The summed E-state index contributed by atoms with van der Waals surface area (Å²) in [6.45, 7) is 5.50. The van der Waals surface area contributed by atoms with Crippen molar-refractivity contribution in [3.63, 3.8) is 0 Å². The number of carbonyl (C=O) groups is 2. The van der Waals surface area contributed by atoms with Crippen molar-refractivity contribution < 1.29 is 18.7 Å². The van der Waals surface area contributed by atoms with Gasteiger partial charge in [-0.05, 0) is 35.9 Å². The molecule has 0 radical (unpaired) electrons. The summed E-state index contributed by atoms with van der Waals surface area (Å²) in [4.78, 5) is 39.0. The van der Waals surface area contributed by atoms with E-state index in [1.165, 1.54) is 10.6 Å². The van der Waals surface area contributed by atoms with Crippen LogP contribution in [0.15, 0.2) is 74.3 Å². The highest BCUT2D eigenvalue weighted by atomic mass is 79.9. The lowest BCUT2D eigenvalue weighted by Crippen LogP contribution is -2.38. The Bertz CT molecular complexity index is 1670. The second kappa shape index (κ2) is 12.0. The van der Waals surface area contributed by atoms with Crippen molar-refractivity contribution in [2.75, 3.05) is 7.11 Å². The number of hydrogen-bond acceptors (Lipinski definition) is 6. The molecule has 0 aliphatic heterocycles. The molecule has 9 heteroatoms. The Kier molecular flexibility index (Phi) is 8.72. The highest BCUT2D eigenvalue weighted by Gasteiger charge is 2.20. The molecule has 2 aromatic heterocycles. The first-order valence-corrected chi connectivity index (χ1v) is 13.9. The monoisotopic (exact) mass is 608 g/mol. The van der Waals surface area contributed by atoms with Gasteiger partial charge in [0.15, 0.2) is 5.78 Å². The molecule has 4 rings (SSSR count). The number of ether oxygens (including phenoxy) is 1. The number of Topliss-reactive ketones (excluding diaryl/α,β-unsaturated/α-hetero) is 1. The van der Waals surface area contributed by atoms with E-state index < -0.39 is 5.41 Å². The molecule has 2 aromatic carbocycles. The van der Waals surface area contributed by atoms with Crippen LogP contribution in [-0.4, -0.2) is 23.4 Å². The average molecular weight is 610 g/mol. The van der Waals surface area contributed by atoms with E-state index in [9.17, 15) is 14.4 Å². The van der Waals surface area contributed by atoms with E-state index in [-0.39, 0.29) is 23.8 Å². The Balaban J connectivity index is 1.65. The molecule has 1 N–H and O–H groups in total. The third-order valence-corrected chi connectivity index (χ3v) is 7.67. The molecule has 0 unspecified atom stereocenters. The van der Waals surface area contributed by atoms with Gasteiger partial charge in [0.2, 0.25) is 5.91 Å². The number of benzene rings is 2. The number of halogens is 1. The molecule has 1 amide bonds. The Labute approximate surface area is 238 Å². The van der Waals surface area contributed by atoms with Gasteiger partial charge in [-0.2, -0.15) is 0 Å². The lowest BCUT2D eigenvalue weighted by molar-refractivity contribution is -0.122. The molecule has 0 saturated heterocycles. The number of rotatable bonds is 8. The van der Waals surface area contributed by atoms with Crippen molar-refractivity contribution in [1.82, 2.24) is 9.88 Å². The molecule has 0 aliphatic rings. The van der Waals surface area contributed by atoms with Crippen LogP contribution >= 0.6 is 27.3 Å². The van der Waals surface area contributed by atoms with Crippen LogP contribution in [0.4, 0.5) is 0 Å². The summed E-state index contributed by atoms with van der Waals surface area (Å²) in [7, 11) is 1.59. The van der Waals surface area contributed by atoms with Crippen molar-refractivity contribution in [3.8, 4) is 17.1 Å². The van der Waals surface area contributed by atoms with E-state index in [0.717, 1.165) is 32.7 Å². The minimum atomic E-state index is -0.635. The van der Waals surface area contributed by atoms with E-state index in [0.29, 0.717) is 27.3 Å². The predicted molar refractivity (Wildman–Crippen MR) is 157 cm³/mol. The quantitative estimate of drug-likeness (QED) is 0.318. The van der Waals surface area contributed by atoms with Crippen molar-refractivity contribution in [1.29, 1.82) is 0 Å². The largest absolute Gasteiger partial charge is 0.497 e. The maximum absolute atomic E-state index is 13.4. The van der Waals surface area contributed by atoms with Crippen LogP contribution in [0.2, 0.25) is 0 Å². The van der Waals surface area contributed by atoms with Gasteiger partial charge in [-0.1, -0.05) is 67.0 Å². The number of nitrogens with one attached hydrogen (secondary N) is 1. The van der Waals surface area contributed by atoms with Gasteiger partial charge < -0.3 is 14.5 Å². The van der Waals surface area contributed by atoms with Gasteiger partial charge in [-0.15, -0.1) is 11.3 Å².